The second-order valence-corrected chi connectivity index (χ2v) is 9.93. The summed E-state index contributed by atoms with van der Waals surface area (Å²) in [4.78, 5) is 6.99. The third kappa shape index (κ3) is 3.63. The minimum Gasteiger partial charge on any atom is -0.377 e. The van der Waals surface area contributed by atoms with Crippen LogP contribution < -0.4 is 4.90 Å². The van der Waals surface area contributed by atoms with Gasteiger partial charge in [-0.1, -0.05) is 11.6 Å². The van der Waals surface area contributed by atoms with Crippen molar-refractivity contribution in [3.05, 3.63) is 35.2 Å². The van der Waals surface area contributed by atoms with E-state index in [2.05, 4.69) is 50.1 Å². The van der Waals surface area contributed by atoms with Crippen LogP contribution in [0.15, 0.2) is 24.4 Å². The zero-order chi connectivity index (χ0) is 21.7. The molecule has 0 N–H and O–H groups in total. The number of nitrogens with zero attached hydrogens (tertiary/aromatic N) is 8. The van der Waals surface area contributed by atoms with Crippen LogP contribution >= 0.6 is 40.0 Å². The molecule has 0 saturated carbocycles. The van der Waals surface area contributed by atoms with Gasteiger partial charge in [-0.15, -0.1) is 5.10 Å². The fourth-order valence-electron chi connectivity index (χ4n) is 3.97. The molecule has 0 aliphatic carbocycles. The number of aromatic nitrogens is 7. The van der Waals surface area contributed by atoms with Crippen LogP contribution in [0.3, 0.4) is 0 Å². The molecule has 4 aromatic rings. The summed E-state index contributed by atoms with van der Waals surface area (Å²) in [7, 11) is 1.92. The topological polar surface area (TPSA) is 78.3 Å². The average molecular weight is 571 g/mol. The summed E-state index contributed by atoms with van der Waals surface area (Å²) in [6, 6.07) is 6.29. The number of imidazole rings is 1. The van der Waals surface area contributed by atoms with Crippen LogP contribution in [-0.4, -0.2) is 59.7 Å². The van der Waals surface area contributed by atoms with Crippen molar-refractivity contribution in [3.8, 4) is 22.8 Å². The first-order chi connectivity index (χ1) is 15.0. The average Bonchev–Trinajstić information content (AvgIpc) is 3.44. The van der Waals surface area contributed by atoms with Gasteiger partial charge < -0.3 is 9.64 Å². The molecule has 0 bridgehead atoms. The molecule has 1 fully saturated rings. The van der Waals surface area contributed by atoms with E-state index in [0.717, 1.165) is 40.5 Å². The molecular formula is C19H21ClIN8OP. The van der Waals surface area contributed by atoms with Crippen molar-refractivity contribution in [3.63, 3.8) is 0 Å². The Kier molecular flexibility index (Phi) is 5.66. The Morgan fingerprint density at radius 1 is 1.26 bits per heavy atom. The maximum Gasteiger partial charge on any atom is 0.181 e. The Morgan fingerprint density at radius 2 is 2.10 bits per heavy atom. The van der Waals surface area contributed by atoms with E-state index in [0.29, 0.717) is 30.6 Å². The Hall–Kier alpha value is -1.75. The van der Waals surface area contributed by atoms with E-state index >= 15 is 0 Å². The first-order valence-electron chi connectivity index (χ1n) is 9.83. The molecule has 0 radical (unpaired) electrons. The molecule has 0 aromatic carbocycles. The van der Waals surface area contributed by atoms with Gasteiger partial charge in [-0.3, -0.25) is 4.68 Å². The number of hydrogen-bond acceptors (Lipinski definition) is 6. The van der Waals surface area contributed by atoms with Crippen LogP contribution in [-0.2, 0) is 11.8 Å². The van der Waals surface area contributed by atoms with Crippen LogP contribution in [0.25, 0.3) is 28.3 Å². The molecule has 162 valence electrons. The number of aryl methyl sites for hydroxylation is 2. The van der Waals surface area contributed by atoms with Gasteiger partial charge in [0.25, 0.3) is 0 Å². The summed E-state index contributed by atoms with van der Waals surface area (Å²) in [6.45, 7) is 6.23. The second-order valence-electron chi connectivity index (χ2n) is 7.53. The number of ether oxygens (including phenoxy) is 1. The van der Waals surface area contributed by atoms with E-state index in [1.54, 1.807) is 6.20 Å². The number of morpholine rings is 1. The SMILES string of the molecule is Cc1cc(-c2nc(Cl)c3c(-c4ccnn4C)cc(N4CCOC[C@H]4C)nn23)n(PI)n1. The van der Waals surface area contributed by atoms with E-state index in [1.807, 2.05) is 39.8 Å². The van der Waals surface area contributed by atoms with Crippen LogP contribution in [0.2, 0.25) is 5.15 Å². The Bertz CT molecular complexity index is 1270. The highest BCUT2D eigenvalue weighted by Crippen LogP contribution is 2.37. The van der Waals surface area contributed by atoms with Crippen LogP contribution in [0.4, 0.5) is 5.82 Å². The van der Waals surface area contributed by atoms with E-state index in [9.17, 15) is 0 Å². The molecule has 1 aliphatic heterocycles. The molecule has 0 amide bonds. The first kappa shape index (κ1) is 21.1. The Labute approximate surface area is 199 Å². The smallest absolute Gasteiger partial charge is 0.181 e. The number of anilines is 1. The molecule has 9 nitrogen and oxygen atoms in total. The van der Waals surface area contributed by atoms with E-state index < -0.39 is 0 Å². The third-order valence-electron chi connectivity index (χ3n) is 5.44. The lowest BCUT2D eigenvalue weighted by Gasteiger charge is -2.34. The molecule has 0 spiro atoms. The lowest BCUT2D eigenvalue weighted by molar-refractivity contribution is 0.0984. The normalized spacial score (nSPS) is 17.5. The van der Waals surface area contributed by atoms with Crippen molar-refractivity contribution >= 4 is 51.4 Å². The van der Waals surface area contributed by atoms with E-state index in [-0.39, 0.29) is 6.04 Å². The summed E-state index contributed by atoms with van der Waals surface area (Å²) < 4.78 is 11.3. The standard InChI is InChI=1S/C19H21ClIN8OP/c1-11-8-15(29(24-11)31-21)19-23-18(20)17-13(14-4-5-22-26(14)3)9-16(25-28(17)19)27-6-7-30-10-12(27)2/h4-5,8-9,12,31H,6-7,10H2,1-3H3/t12-/m1/s1. The number of hydrogen-bond donors (Lipinski definition) is 0. The summed E-state index contributed by atoms with van der Waals surface area (Å²) in [6.07, 6.45) is 2.22. The molecule has 5 heterocycles. The number of fused-ring (bicyclic) bond motifs is 1. The van der Waals surface area contributed by atoms with Gasteiger partial charge in [-0.25, -0.2) is 14.0 Å². The zero-order valence-electron chi connectivity index (χ0n) is 17.2. The highest BCUT2D eigenvalue weighted by Gasteiger charge is 2.26. The third-order valence-corrected chi connectivity index (χ3v) is 7.58. The van der Waals surface area contributed by atoms with Gasteiger partial charge in [0.15, 0.2) is 16.8 Å². The molecule has 4 aromatic heterocycles. The molecule has 1 unspecified atom stereocenters. The van der Waals surface area contributed by atoms with Gasteiger partial charge in [-0.2, -0.15) is 10.2 Å². The summed E-state index contributed by atoms with van der Waals surface area (Å²) in [5, 5.41) is 14.4. The Balaban J connectivity index is 1.81. The molecule has 5 rings (SSSR count). The van der Waals surface area contributed by atoms with Crippen molar-refractivity contribution in [2.24, 2.45) is 7.05 Å². The predicted octanol–water partition coefficient (Wildman–Crippen LogP) is 3.97. The highest BCUT2D eigenvalue weighted by molar-refractivity contribution is 14.2. The second kappa shape index (κ2) is 8.31. The largest absolute Gasteiger partial charge is 0.377 e. The monoisotopic (exact) mass is 570 g/mol. The van der Waals surface area contributed by atoms with Crippen molar-refractivity contribution in [1.29, 1.82) is 0 Å². The minimum atomic E-state index is 0.212. The summed E-state index contributed by atoms with van der Waals surface area (Å²) in [5.74, 6) is 1.53. The van der Waals surface area contributed by atoms with Gasteiger partial charge >= 0.3 is 0 Å². The van der Waals surface area contributed by atoms with Crippen LogP contribution in [0.5, 0.6) is 0 Å². The maximum atomic E-state index is 6.71. The quantitative estimate of drug-likeness (QED) is 0.273. The van der Waals surface area contributed by atoms with Crippen LogP contribution in [0.1, 0.15) is 12.6 Å². The van der Waals surface area contributed by atoms with E-state index in [4.69, 9.17) is 26.4 Å². The van der Waals surface area contributed by atoms with Gasteiger partial charge in [0.1, 0.15) is 11.2 Å². The lowest BCUT2D eigenvalue weighted by atomic mass is 10.1. The van der Waals surface area contributed by atoms with Crippen molar-refractivity contribution < 1.29 is 4.74 Å². The van der Waals surface area contributed by atoms with Gasteiger partial charge in [0.05, 0.1) is 37.0 Å². The lowest BCUT2D eigenvalue weighted by Crippen LogP contribution is -2.44. The molecule has 31 heavy (non-hydrogen) atoms. The van der Waals surface area contributed by atoms with Gasteiger partial charge in [-0.05, 0) is 54.1 Å². The molecule has 1 aliphatic rings. The van der Waals surface area contributed by atoms with Crippen molar-refractivity contribution in [2.75, 3.05) is 24.7 Å². The van der Waals surface area contributed by atoms with Crippen molar-refractivity contribution in [2.45, 2.75) is 19.9 Å². The van der Waals surface area contributed by atoms with E-state index in [1.165, 1.54) is 0 Å². The molecule has 1 saturated heterocycles. The fourth-order valence-corrected chi connectivity index (χ4v) is 5.78. The molecule has 12 heteroatoms. The Morgan fingerprint density at radius 3 is 2.81 bits per heavy atom. The molecular weight excluding hydrogens is 550 g/mol. The van der Waals surface area contributed by atoms with Crippen LogP contribution in [0, 0.1) is 6.92 Å². The van der Waals surface area contributed by atoms with Gasteiger partial charge in [0, 0.05) is 25.4 Å². The first-order valence-corrected chi connectivity index (χ1v) is 14.3. The zero-order valence-corrected chi connectivity index (χ0v) is 21.2. The summed E-state index contributed by atoms with van der Waals surface area (Å²) >= 11 is 9.02. The predicted molar refractivity (Wildman–Crippen MR) is 132 cm³/mol. The number of rotatable bonds is 4. The van der Waals surface area contributed by atoms with Gasteiger partial charge in [0.2, 0.25) is 0 Å². The maximum absolute atomic E-state index is 6.71. The highest BCUT2D eigenvalue weighted by atomic mass is 127. The minimum absolute atomic E-state index is 0.212. The fraction of sp³-hybridized carbons (Fsp3) is 0.368. The molecule has 2 atom stereocenters. The number of halogens is 2. The summed E-state index contributed by atoms with van der Waals surface area (Å²) in [5.41, 5.74) is 4.46. The van der Waals surface area contributed by atoms with Crippen molar-refractivity contribution in [1.82, 2.24) is 33.9 Å².